The summed E-state index contributed by atoms with van der Waals surface area (Å²) in [7, 11) is 0. The number of anilines is 2. The SMILES string of the molecule is CCOc1ccccc1NC(=O)C1=C(C)Nc2nnnn2C1c1cccc(Oc2ccccc2)c1. The number of ether oxygens (including phenoxy) is 2. The number of nitrogens with zero attached hydrogens (tertiary/aromatic N) is 4. The Balaban J connectivity index is 1.51. The summed E-state index contributed by atoms with van der Waals surface area (Å²) < 4.78 is 13.3. The summed E-state index contributed by atoms with van der Waals surface area (Å²) in [6, 6.07) is 23.9. The van der Waals surface area contributed by atoms with E-state index in [0.29, 0.717) is 41.0 Å². The number of allylic oxidation sites excluding steroid dienone is 1. The highest BCUT2D eigenvalue weighted by Gasteiger charge is 2.34. The van der Waals surface area contributed by atoms with E-state index in [1.165, 1.54) is 0 Å². The minimum Gasteiger partial charge on any atom is -0.492 e. The maximum atomic E-state index is 13.6. The molecule has 1 aromatic heterocycles. The van der Waals surface area contributed by atoms with Crippen LogP contribution in [0, 0.1) is 0 Å². The van der Waals surface area contributed by atoms with Gasteiger partial charge in [-0.2, -0.15) is 4.68 Å². The first kappa shape index (κ1) is 22.1. The summed E-state index contributed by atoms with van der Waals surface area (Å²) in [6.07, 6.45) is 0. The van der Waals surface area contributed by atoms with Gasteiger partial charge in [0.2, 0.25) is 5.95 Å². The fourth-order valence-electron chi connectivity index (χ4n) is 4.03. The van der Waals surface area contributed by atoms with Crippen LogP contribution in [0.25, 0.3) is 0 Å². The molecule has 0 radical (unpaired) electrons. The number of hydrogen-bond donors (Lipinski definition) is 2. The van der Waals surface area contributed by atoms with E-state index in [9.17, 15) is 4.79 Å². The second-order valence-corrected chi connectivity index (χ2v) is 7.88. The van der Waals surface area contributed by atoms with E-state index in [0.717, 1.165) is 11.3 Å². The number of hydrogen-bond acceptors (Lipinski definition) is 7. The maximum absolute atomic E-state index is 13.6. The molecule has 1 atom stereocenters. The largest absolute Gasteiger partial charge is 0.492 e. The topological polar surface area (TPSA) is 103 Å². The van der Waals surface area contributed by atoms with Crippen LogP contribution in [0.2, 0.25) is 0 Å². The Morgan fingerprint density at radius 3 is 2.63 bits per heavy atom. The number of tetrazole rings is 1. The van der Waals surface area contributed by atoms with Gasteiger partial charge in [-0.05, 0) is 66.2 Å². The van der Waals surface area contributed by atoms with Gasteiger partial charge in [0.25, 0.3) is 5.91 Å². The predicted molar refractivity (Wildman–Crippen MR) is 131 cm³/mol. The Hall–Kier alpha value is -4.66. The van der Waals surface area contributed by atoms with E-state index in [-0.39, 0.29) is 5.91 Å². The van der Waals surface area contributed by atoms with Crippen molar-refractivity contribution in [2.45, 2.75) is 19.9 Å². The molecule has 2 N–H and O–H groups in total. The molecule has 2 heterocycles. The third-order valence-electron chi connectivity index (χ3n) is 5.55. The first-order valence-electron chi connectivity index (χ1n) is 11.3. The summed E-state index contributed by atoms with van der Waals surface area (Å²) in [5.41, 5.74) is 2.52. The van der Waals surface area contributed by atoms with Gasteiger partial charge in [-0.15, -0.1) is 0 Å². The van der Waals surface area contributed by atoms with Crippen molar-refractivity contribution >= 4 is 17.5 Å². The Morgan fingerprint density at radius 1 is 1.03 bits per heavy atom. The summed E-state index contributed by atoms with van der Waals surface area (Å²) in [6.45, 7) is 4.22. The highest BCUT2D eigenvalue weighted by Crippen LogP contribution is 2.37. The molecular formula is C26H24N6O3. The zero-order chi connectivity index (χ0) is 24.2. The van der Waals surface area contributed by atoms with Crippen molar-refractivity contribution in [2.24, 2.45) is 0 Å². The highest BCUT2D eigenvalue weighted by molar-refractivity contribution is 6.06. The van der Waals surface area contributed by atoms with Crippen LogP contribution < -0.4 is 20.1 Å². The molecule has 3 aromatic carbocycles. The number of carbonyl (C=O) groups is 1. The summed E-state index contributed by atoms with van der Waals surface area (Å²) in [5, 5.41) is 18.2. The number of nitrogens with one attached hydrogen (secondary N) is 2. The lowest BCUT2D eigenvalue weighted by Crippen LogP contribution is -2.31. The molecule has 0 spiro atoms. The molecule has 5 rings (SSSR count). The van der Waals surface area contributed by atoms with E-state index in [4.69, 9.17) is 9.47 Å². The molecule has 9 nitrogen and oxygen atoms in total. The second-order valence-electron chi connectivity index (χ2n) is 7.88. The van der Waals surface area contributed by atoms with Crippen molar-refractivity contribution in [1.82, 2.24) is 20.2 Å². The third kappa shape index (κ3) is 4.56. The zero-order valence-corrected chi connectivity index (χ0v) is 19.3. The minimum atomic E-state index is -0.570. The van der Waals surface area contributed by atoms with E-state index in [1.54, 1.807) is 10.7 Å². The van der Waals surface area contributed by atoms with Gasteiger partial charge in [0.15, 0.2) is 0 Å². The Morgan fingerprint density at radius 2 is 1.80 bits per heavy atom. The standard InChI is InChI=1S/C26H24N6O3/c1-3-34-22-15-8-7-14-21(22)28-25(33)23-17(2)27-26-29-30-31-32(26)24(23)18-10-9-13-20(16-18)35-19-11-5-4-6-12-19/h4-16,24H,3H2,1-2H3,(H,28,33)(H,27,29,31). The van der Waals surface area contributed by atoms with E-state index in [2.05, 4.69) is 26.2 Å². The molecule has 1 unspecified atom stereocenters. The Bertz CT molecular complexity index is 1380. The molecule has 0 saturated heterocycles. The van der Waals surface area contributed by atoms with Crippen LogP contribution in [0.15, 0.2) is 90.1 Å². The number of benzene rings is 3. The Labute approximate surface area is 202 Å². The average Bonchev–Trinajstić information content (AvgIpc) is 3.33. The lowest BCUT2D eigenvalue weighted by molar-refractivity contribution is -0.113. The van der Waals surface area contributed by atoms with Crippen LogP contribution in [-0.2, 0) is 4.79 Å². The van der Waals surface area contributed by atoms with E-state index < -0.39 is 6.04 Å². The minimum absolute atomic E-state index is 0.289. The van der Waals surface area contributed by atoms with Crippen LogP contribution in [0.3, 0.4) is 0 Å². The number of carbonyl (C=O) groups excluding carboxylic acids is 1. The molecular weight excluding hydrogens is 444 g/mol. The van der Waals surface area contributed by atoms with Crippen molar-refractivity contribution in [3.8, 4) is 17.2 Å². The molecule has 4 aromatic rings. The van der Waals surface area contributed by atoms with Gasteiger partial charge in [-0.25, -0.2) is 0 Å². The number of aromatic nitrogens is 4. The molecule has 0 saturated carbocycles. The fourth-order valence-corrected chi connectivity index (χ4v) is 4.03. The normalized spacial score (nSPS) is 14.6. The number of para-hydroxylation sites is 3. The van der Waals surface area contributed by atoms with Gasteiger partial charge in [-0.3, -0.25) is 4.79 Å². The van der Waals surface area contributed by atoms with Gasteiger partial charge in [0.05, 0.1) is 17.9 Å². The summed E-state index contributed by atoms with van der Waals surface area (Å²) >= 11 is 0. The summed E-state index contributed by atoms with van der Waals surface area (Å²) in [5.74, 6) is 2.12. The molecule has 1 aliphatic heterocycles. The highest BCUT2D eigenvalue weighted by atomic mass is 16.5. The van der Waals surface area contributed by atoms with Crippen molar-refractivity contribution in [3.63, 3.8) is 0 Å². The summed E-state index contributed by atoms with van der Waals surface area (Å²) in [4.78, 5) is 13.6. The maximum Gasteiger partial charge on any atom is 0.255 e. The van der Waals surface area contributed by atoms with Crippen molar-refractivity contribution in [1.29, 1.82) is 0 Å². The molecule has 1 amide bonds. The zero-order valence-electron chi connectivity index (χ0n) is 19.3. The third-order valence-corrected chi connectivity index (χ3v) is 5.55. The lowest BCUT2D eigenvalue weighted by Gasteiger charge is -2.28. The van der Waals surface area contributed by atoms with Gasteiger partial charge < -0.3 is 20.1 Å². The molecule has 0 bridgehead atoms. The number of fused-ring (bicyclic) bond motifs is 1. The molecule has 9 heteroatoms. The quantitative estimate of drug-likeness (QED) is 0.402. The molecule has 35 heavy (non-hydrogen) atoms. The molecule has 0 aliphatic carbocycles. The fraction of sp³-hybridized carbons (Fsp3) is 0.154. The van der Waals surface area contributed by atoms with Crippen LogP contribution >= 0.6 is 0 Å². The van der Waals surface area contributed by atoms with Crippen LogP contribution in [0.1, 0.15) is 25.5 Å². The first-order valence-corrected chi connectivity index (χ1v) is 11.3. The van der Waals surface area contributed by atoms with E-state index >= 15 is 0 Å². The van der Waals surface area contributed by atoms with E-state index in [1.807, 2.05) is 86.6 Å². The average molecular weight is 469 g/mol. The second kappa shape index (κ2) is 9.68. The van der Waals surface area contributed by atoms with Crippen LogP contribution in [-0.4, -0.2) is 32.7 Å². The Kier molecular flexibility index (Phi) is 6.13. The molecule has 1 aliphatic rings. The van der Waals surface area contributed by atoms with Crippen molar-refractivity contribution < 1.29 is 14.3 Å². The van der Waals surface area contributed by atoms with Gasteiger partial charge in [-0.1, -0.05) is 47.6 Å². The van der Waals surface area contributed by atoms with Gasteiger partial charge >= 0.3 is 0 Å². The van der Waals surface area contributed by atoms with Crippen molar-refractivity contribution in [2.75, 3.05) is 17.2 Å². The monoisotopic (exact) mass is 468 g/mol. The van der Waals surface area contributed by atoms with Gasteiger partial charge in [0, 0.05) is 5.70 Å². The van der Waals surface area contributed by atoms with Crippen molar-refractivity contribution in [3.05, 3.63) is 95.7 Å². The predicted octanol–water partition coefficient (Wildman–Crippen LogP) is 4.79. The number of rotatable bonds is 7. The number of amides is 1. The van der Waals surface area contributed by atoms with Crippen LogP contribution in [0.5, 0.6) is 17.2 Å². The molecule has 0 fully saturated rings. The smallest absolute Gasteiger partial charge is 0.255 e. The molecule has 176 valence electrons. The van der Waals surface area contributed by atoms with Gasteiger partial charge in [0.1, 0.15) is 23.3 Å². The van der Waals surface area contributed by atoms with Crippen LogP contribution in [0.4, 0.5) is 11.6 Å². The lowest BCUT2D eigenvalue weighted by atomic mass is 9.94. The first-order chi connectivity index (χ1) is 17.1.